The van der Waals surface area contributed by atoms with Crippen molar-refractivity contribution in [3.8, 4) is 17.2 Å². The second kappa shape index (κ2) is 9.22. The first-order valence-electron chi connectivity index (χ1n) is 10.8. The van der Waals surface area contributed by atoms with Crippen molar-refractivity contribution < 1.29 is 41.8 Å². The Kier molecular flexibility index (Phi) is 6.90. The summed E-state index contributed by atoms with van der Waals surface area (Å²) in [6, 6.07) is 0.382. The maximum atomic E-state index is 14.3. The smallest absolute Gasteiger partial charge is 0.440 e. The van der Waals surface area contributed by atoms with Gasteiger partial charge in [0.05, 0.1) is 21.3 Å². The largest absolute Gasteiger partial charge is 0.493 e. The molecule has 34 heavy (non-hydrogen) atoms. The van der Waals surface area contributed by atoms with Crippen molar-refractivity contribution in [3.05, 3.63) is 17.7 Å². The Morgan fingerprint density at radius 2 is 1.68 bits per heavy atom. The molecule has 0 bridgehead atoms. The lowest BCUT2D eigenvalue weighted by Gasteiger charge is -2.38. The zero-order valence-corrected chi connectivity index (χ0v) is 19.5. The molecule has 1 aliphatic carbocycles. The van der Waals surface area contributed by atoms with E-state index in [1.807, 2.05) is 6.92 Å². The number of carbonyl (C=O) groups excluding carboxylic acids is 3. The Morgan fingerprint density at radius 3 is 2.18 bits per heavy atom. The number of amides is 4. The van der Waals surface area contributed by atoms with Crippen LogP contribution in [-0.4, -0.2) is 62.0 Å². The molecule has 12 heteroatoms. The second-order valence-corrected chi connectivity index (χ2v) is 8.56. The predicted molar refractivity (Wildman–Crippen MR) is 114 cm³/mol. The Bertz CT molecular complexity index is 960. The molecule has 188 valence electrons. The van der Waals surface area contributed by atoms with Gasteiger partial charge in [0.25, 0.3) is 17.5 Å². The maximum absolute atomic E-state index is 14.3. The lowest BCUT2D eigenvalue weighted by atomic mass is 9.77. The van der Waals surface area contributed by atoms with Crippen molar-refractivity contribution in [1.29, 1.82) is 0 Å². The fourth-order valence-electron chi connectivity index (χ4n) is 4.57. The zero-order valence-electron chi connectivity index (χ0n) is 19.5. The van der Waals surface area contributed by atoms with Gasteiger partial charge in [0.15, 0.2) is 11.5 Å². The summed E-state index contributed by atoms with van der Waals surface area (Å²) in [5.74, 6) is -2.71. The van der Waals surface area contributed by atoms with Gasteiger partial charge in [0.1, 0.15) is 0 Å². The average Bonchev–Trinajstić information content (AvgIpc) is 3.04. The molecule has 9 nitrogen and oxygen atoms in total. The first-order valence-corrected chi connectivity index (χ1v) is 10.8. The number of benzene rings is 1. The van der Waals surface area contributed by atoms with Crippen molar-refractivity contribution >= 4 is 17.8 Å². The molecule has 1 aliphatic heterocycles. The summed E-state index contributed by atoms with van der Waals surface area (Å²) < 4.78 is 58.3. The Labute approximate surface area is 194 Å². The minimum absolute atomic E-state index is 0.0292. The molecule has 4 atom stereocenters. The Hall–Kier alpha value is -3.18. The predicted octanol–water partition coefficient (Wildman–Crippen LogP) is 3.08. The lowest BCUT2D eigenvalue weighted by Crippen LogP contribution is -2.69. The van der Waals surface area contributed by atoms with Crippen LogP contribution in [-0.2, 0) is 4.79 Å². The summed E-state index contributed by atoms with van der Waals surface area (Å²) in [4.78, 5) is 39.4. The third kappa shape index (κ3) is 4.09. The first kappa shape index (κ1) is 25.4. The number of alkyl halides is 3. The van der Waals surface area contributed by atoms with Gasteiger partial charge in [-0.25, -0.2) is 4.79 Å². The standard InChI is InChI=1S/C22H28F3N3O6/c1-11-7-6-8-14(12(11)2)28-19(30)21(22(23,24)25,27-20(28)31)26-18(29)13-9-15(32-3)17(34-5)16(10-13)33-4/h9-12,14H,6-8H2,1-5H3,(H,26,29)(H,27,31)/t11-,12+,14+,21+/m0/s1. The third-order valence-corrected chi connectivity index (χ3v) is 6.70. The van der Waals surface area contributed by atoms with Crippen LogP contribution in [0.2, 0.25) is 0 Å². The van der Waals surface area contributed by atoms with E-state index >= 15 is 0 Å². The van der Waals surface area contributed by atoms with E-state index in [0.717, 1.165) is 18.6 Å². The molecule has 0 radical (unpaired) electrons. The number of nitrogens with one attached hydrogen (secondary N) is 2. The van der Waals surface area contributed by atoms with Crippen LogP contribution in [0.4, 0.5) is 18.0 Å². The van der Waals surface area contributed by atoms with Crippen LogP contribution in [0.15, 0.2) is 12.1 Å². The fraction of sp³-hybridized carbons (Fsp3) is 0.591. The van der Waals surface area contributed by atoms with E-state index in [2.05, 4.69) is 0 Å². The monoisotopic (exact) mass is 487 g/mol. The van der Waals surface area contributed by atoms with Gasteiger partial charge in [-0.2, -0.15) is 13.2 Å². The van der Waals surface area contributed by atoms with Gasteiger partial charge in [0, 0.05) is 11.6 Å². The van der Waals surface area contributed by atoms with Gasteiger partial charge < -0.3 is 19.5 Å². The van der Waals surface area contributed by atoms with Crippen molar-refractivity contribution in [3.63, 3.8) is 0 Å². The van der Waals surface area contributed by atoms with E-state index in [1.54, 1.807) is 17.6 Å². The minimum Gasteiger partial charge on any atom is -0.493 e. The molecule has 1 saturated carbocycles. The van der Waals surface area contributed by atoms with E-state index in [9.17, 15) is 27.6 Å². The number of hydrogen-bond donors (Lipinski definition) is 2. The zero-order chi connectivity index (χ0) is 25.4. The molecule has 4 amide bonds. The highest BCUT2D eigenvalue weighted by molar-refractivity contribution is 6.10. The average molecular weight is 487 g/mol. The van der Waals surface area contributed by atoms with E-state index in [1.165, 1.54) is 21.3 Å². The first-order chi connectivity index (χ1) is 15.9. The normalized spacial score (nSPS) is 27.3. The molecule has 0 unspecified atom stereocenters. The van der Waals surface area contributed by atoms with Crippen LogP contribution in [0.1, 0.15) is 43.5 Å². The van der Waals surface area contributed by atoms with Crippen LogP contribution < -0.4 is 24.8 Å². The summed E-state index contributed by atoms with van der Waals surface area (Å²) in [7, 11) is 3.88. The molecule has 2 fully saturated rings. The molecule has 1 heterocycles. The molecule has 1 aromatic rings. The summed E-state index contributed by atoms with van der Waals surface area (Å²) in [5.41, 5.74) is -3.90. The summed E-state index contributed by atoms with van der Waals surface area (Å²) in [6.45, 7) is 3.73. The Balaban J connectivity index is 2.00. The molecule has 3 rings (SSSR count). The number of imide groups is 1. The molecular formula is C22H28F3N3O6. The van der Waals surface area contributed by atoms with Crippen molar-refractivity contribution in [2.24, 2.45) is 11.8 Å². The highest BCUT2D eigenvalue weighted by atomic mass is 19.4. The number of nitrogens with zero attached hydrogens (tertiary/aromatic N) is 1. The fourth-order valence-corrected chi connectivity index (χ4v) is 4.57. The van der Waals surface area contributed by atoms with Crippen LogP contribution in [0.25, 0.3) is 0 Å². The van der Waals surface area contributed by atoms with Gasteiger partial charge in [-0.15, -0.1) is 0 Å². The van der Waals surface area contributed by atoms with Crippen molar-refractivity contribution in [2.75, 3.05) is 21.3 Å². The molecule has 1 saturated heterocycles. The number of halogens is 3. The molecule has 0 aromatic heterocycles. The molecule has 2 N–H and O–H groups in total. The molecule has 2 aliphatic rings. The Morgan fingerprint density at radius 1 is 1.09 bits per heavy atom. The number of ether oxygens (including phenoxy) is 3. The van der Waals surface area contributed by atoms with Gasteiger partial charge >= 0.3 is 12.2 Å². The summed E-state index contributed by atoms with van der Waals surface area (Å²) in [5, 5.41) is 3.44. The molecule has 0 spiro atoms. The maximum Gasteiger partial charge on any atom is 0.440 e. The highest BCUT2D eigenvalue weighted by Crippen LogP contribution is 2.41. The van der Waals surface area contributed by atoms with Gasteiger partial charge in [-0.05, 0) is 30.4 Å². The highest BCUT2D eigenvalue weighted by Gasteiger charge is 2.70. The quantitative estimate of drug-likeness (QED) is 0.598. The lowest BCUT2D eigenvalue weighted by molar-refractivity contribution is -0.201. The van der Waals surface area contributed by atoms with E-state index in [0.29, 0.717) is 17.7 Å². The van der Waals surface area contributed by atoms with Crippen LogP contribution in [0.5, 0.6) is 17.2 Å². The van der Waals surface area contributed by atoms with Gasteiger partial charge in [-0.1, -0.05) is 26.7 Å². The van der Waals surface area contributed by atoms with E-state index in [4.69, 9.17) is 14.2 Å². The van der Waals surface area contributed by atoms with Gasteiger partial charge in [-0.3, -0.25) is 19.8 Å². The molecular weight excluding hydrogens is 459 g/mol. The second-order valence-electron chi connectivity index (χ2n) is 8.56. The topological polar surface area (TPSA) is 106 Å². The summed E-state index contributed by atoms with van der Waals surface area (Å²) in [6.07, 6.45) is -3.40. The number of hydrogen-bond acceptors (Lipinski definition) is 6. The number of rotatable bonds is 6. The van der Waals surface area contributed by atoms with Crippen LogP contribution in [0, 0.1) is 11.8 Å². The SMILES string of the molecule is COc1cc(C(=O)N[C@@]2(C(F)(F)F)NC(=O)N([C@@H]3CCC[C@H](C)[C@H]3C)C2=O)cc(OC)c1OC. The summed E-state index contributed by atoms with van der Waals surface area (Å²) >= 11 is 0. The van der Waals surface area contributed by atoms with Crippen LogP contribution in [0.3, 0.4) is 0 Å². The third-order valence-electron chi connectivity index (χ3n) is 6.70. The minimum atomic E-state index is -5.31. The van der Waals surface area contributed by atoms with Crippen molar-refractivity contribution in [2.45, 2.75) is 51.0 Å². The van der Waals surface area contributed by atoms with Gasteiger partial charge in [0.2, 0.25) is 5.75 Å². The number of urea groups is 1. The van der Waals surface area contributed by atoms with Crippen molar-refractivity contribution in [1.82, 2.24) is 15.5 Å². The number of carbonyl (C=O) groups is 3. The van der Waals surface area contributed by atoms with E-state index < -0.39 is 35.7 Å². The number of methoxy groups -OCH3 is 3. The van der Waals surface area contributed by atoms with E-state index in [-0.39, 0.29) is 34.6 Å². The molecule has 1 aromatic carbocycles. The van der Waals surface area contributed by atoms with Crippen LogP contribution >= 0.6 is 0 Å².